The van der Waals surface area contributed by atoms with Crippen molar-refractivity contribution in [1.82, 2.24) is 0 Å². The fraction of sp³-hybridized carbons (Fsp3) is 0.188. The average molecular weight is 290 g/mol. The first-order valence-electron chi connectivity index (χ1n) is 6.19. The van der Waals surface area contributed by atoms with Gasteiger partial charge in [-0.3, -0.25) is 4.79 Å². The maximum Gasteiger partial charge on any atom is 0.150 e. The van der Waals surface area contributed by atoms with Crippen LogP contribution in [0.25, 0.3) is 11.1 Å². The van der Waals surface area contributed by atoms with Crippen LogP contribution in [0.15, 0.2) is 30.3 Å². The molecule has 0 aliphatic heterocycles. The van der Waals surface area contributed by atoms with E-state index in [1.54, 1.807) is 12.1 Å². The molecule has 0 heterocycles. The molecule has 21 heavy (non-hydrogen) atoms. The summed E-state index contributed by atoms with van der Waals surface area (Å²) in [4.78, 5) is 10.9. The first-order valence-corrected chi connectivity index (χ1v) is 6.19. The van der Waals surface area contributed by atoms with Crippen LogP contribution in [0.5, 0.6) is 17.2 Å². The first-order chi connectivity index (χ1) is 10.1. The number of hydrogen-bond acceptors (Lipinski definition) is 4. The van der Waals surface area contributed by atoms with E-state index >= 15 is 0 Å². The summed E-state index contributed by atoms with van der Waals surface area (Å²) in [7, 11) is 4.46. The van der Waals surface area contributed by atoms with E-state index in [9.17, 15) is 9.18 Å². The molecule has 2 rings (SSSR count). The van der Waals surface area contributed by atoms with Crippen molar-refractivity contribution in [3.8, 4) is 28.4 Å². The Morgan fingerprint density at radius 2 is 1.57 bits per heavy atom. The molecule has 0 unspecified atom stereocenters. The average Bonchev–Trinajstić information content (AvgIpc) is 2.54. The predicted molar refractivity (Wildman–Crippen MR) is 76.9 cm³/mol. The summed E-state index contributed by atoms with van der Waals surface area (Å²) in [5.41, 5.74) is 1.03. The Kier molecular flexibility index (Phi) is 4.42. The van der Waals surface area contributed by atoms with Crippen molar-refractivity contribution in [1.29, 1.82) is 0 Å². The fourth-order valence-corrected chi connectivity index (χ4v) is 2.08. The Bertz CT molecular complexity index is 642. The summed E-state index contributed by atoms with van der Waals surface area (Å²) in [6, 6.07) is 7.36. The van der Waals surface area contributed by atoms with Crippen molar-refractivity contribution in [3.63, 3.8) is 0 Å². The zero-order chi connectivity index (χ0) is 15.4. The first kappa shape index (κ1) is 14.8. The topological polar surface area (TPSA) is 44.8 Å². The molecule has 0 saturated heterocycles. The van der Waals surface area contributed by atoms with Gasteiger partial charge in [0.1, 0.15) is 29.4 Å². The van der Waals surface area contributed by atoms with Crippen LogP contribution in [0.1, 0.15) is 10.4 Å². The number of carbonyl (C=O) groups excluding carboxylic acids is 1. The van der Waals surface area contributed by atoms with Crippen LogP contribution in [0.4, 0.5) is 4.39 Å². The summed E-state index contributed by atoms with van der Waals surface area (Å²) < 4.78 is 29.9. The molecule has 2 aromatic carbocycles. The summed E-state index contributed by atoms with van der Waals surface area (Å²) in [5, 5.41) is 0. The maximum atomic E-state index is 14.1. The number of carbonyl (C=O) groups is 1. The molecule has 5 heteroatoms. The quantitative estimate of drug-likeness (QED) is 0.792. The summed E-state index contributed by atoms with van der Waals surface area (Å²) >= 11 is 0. The minimum Gasteiger partial charge on any atom is -0.496 e. The lowest BCUT2D eigenvalue weighted by Crippen LogP contribution is -1.97. The number of hydrogen-bond donors (Lipinski definition) is 0. The Labute approximate surface area is 122 Å². The van der Waals surface area contributed by atoms with Crippen LogP contribution in [0.2, 0.25) is 0 Å². The number of halogens is 1. The lowest BCUT2D eigenvalue weighted by molar-refractivity contribution is 0.112. The molecule has 0 N–H and O–H groups in total. The highest BCUT2D eigenvalue weighted by Crippen LogP contribution is 2.42. The molecular formula is C16H15FO4. The molecule has 0 aliphatic rings. The lowest BCUT2D eigenvalue weighted by atomic mass is 10.00. The van der Waals surface area contributed by atoms with Crippen molar-refractivity contribution >= 4 is 6.29 Å². The van der Waals surface area contributed by atoms with Gasteiger partial charge in [0.15, 0.2) is 0 Å². The highest BCUT2D eigenvalue weighted by atomic mass is 19.1. The largest absolute Gasteiger partial charge is 0.496 e. The van der Waals surface area contributed by atoms with Gasteiger partial charge in [-0.25, -0.2) is 4.39 Å². The van der Waals surface area contributed by atoms with E-state index in [4.69, 9.17) is 14.2 Å². The van der Waals surface area contributed by atoms with E-state index in [1.165, 1.54) is 39.5 Å². The number of ether oxygens (including phenoxy) is 3. The standard InChI is InChI=1S/C16H15FO4/c1-19-11-7-14(20-2)16(15(8-11)21-3)12-6-10(9-18)4-5-13(12)17/h4-9H,1-3H3. The molecule has 110 valence electrons. The molecule has 0 radical (unpaired) electrons. The number of aldehydes is 1. The van der Waals surface area contributed by atoms with E-state index in [1.807, 2.05) is 0 Å². The lowest BCUT2D eigenvalue weighted by Gasteiger charge is -2.16. The van der Waals surface area contributed by atoms with Gasteiger partial charge in [0, 0.05) is 23.3 Å². The van der Waals surface area contributed by atoms with Gasteiger partial charge < -0.3 is 14.2 Å². The van der Waals surface area contributed by atoms with Crippen LogP contribution in [-0.4, -0.2) is 27.6 Å². The molecule has 0 spiro atoms. The minimum atomic E-state index is -0.470. The van der Waals surface area contributed by atoms with Gasteiger partial charge in [0.05, 0.1) is 26.9 Å². The van der Waals surface area contributed by atoms with Crippen molar-refractivity contribution in [2.45, 2.75) is 0 Å². The summed E-state index contributed by atoms with van der Waals surface area (Å²) in [6.45, 7) is 0. The van der Waals surface area contributed by atoms with Crippen LogP contribution in [0.3, 0.4) is 0 Å². The second-order valence-corrected chi connectivity index (χ2v) is 4.26. The maximum absolute atomic E-state index is 14.1. The van der Waals surface area contributed by atoms with Gasteiger partial charge in [-0.2, -0.15) is 0 Å². The monoisotopic (exact) mass is 290 g/mol. The third-order valence-corrected chi connectivity index (χ3v) is 3.11. The van der Waals surface area contributed by atoms with E-state index in [0.717, 1.165) is 0 Å². The summed E-state index contributed by atoms with van der Waals surface area (Å²) in [5.74, 6) is 0.850. The van der Waals surface area contributed by atoms with Crippen LogP contribution in [-0.2, 0) is 0 Å². The fourth-order valence-electron chi connectivity index (χ4n) is 2.08. The SMILES string of the molecule is COc1cc(OC)c(-c2cc(C=O)ccc2F)c(OC)c1. The summed E-state index contributed by atoms with van der Waals surface area (Å²) in [6.07, 6.45) is 0.658. The Morgan fingerprint density at radius 1 is 0.952 bits per heavy atom. The molecule has 0 amide bonds. The van der Waals surface area contributed by atoms with E-state index in [2.05, 4.69) is 0 Å². The molecular weight excluding hydrogens is 275 g/mol. The van der Waals surface area contributed by atoms with Gasteiger partial charge in [-0.05, 0) is 18.2 Å². The second kappa shape index (κ2) is 6.26. The van der Waals surface area contributed by atoms with Crippen molar-refractivity contribution < 1.29 is 23.4 Å². The number of methoxy groups -OCH3 is 3. The Balaban J connectivity index is 2.75. The molecule has 4 nitrogen and oxygen atoms in total. The third kappa shape index (κ3) is 2.81. The Morgan fingerprint density at radius 3 is 2.05 bits per heavy atom. The molecule has 2 aromatic rings. The van der Waals surface area contributed by atoms with Crippen LogP contribution < -0.4 is 14.2 Å². The smallest absolute Gasteiger partial charge is 0.150 e. The zero-order valence-electron chi connectivity index (χ0n) is 12.0. The minimum absolute atomic E-state index is 0.232. The Hall–Kier alpha value is -2.56. The van der Waals surface area contributed by atoms with Crippen molar-refractivity contribution in [2.24, 2.45) is 0 Å². The molecule has 0 aliphatic carbocycles. The number of benzene rings is 2. The molecule has 0 bridgehead atoms. The molecule has 0 saturated carbocycles. The molecule has 0 fully saturated rings. The normalized spacial score (nSPS) is 10.1. The highest BCUT2D eigenvalue weighted by molar-refractivity contribution is 5.83. The zero-order valence-corrected chi connectivity index (χ0v) is 12.0. The molecule has 0 aromatic heterocycles. The van der Waals surface area contributed by atoms with Crippen molar-refractivity contribution in [3.05, 3.63) is 41.7 Å². The third-order valence-electron chi connectivity index (χ3n) is 3.11. The van der Waals surface area contributed by atoms with Gasteiger partial charge in [-0.15, -0.1) is 0 Å². The van der Waals surface area contributed by atoms with E-state index in [0.29, 0.717) is 34.7 Å². The van der Waals surface area contributed by atoms with Gasteiger partial charge in [-0.1, -0.05) is 0 Å². The van der Waals surface area contributed by atoms with Crippen LogP contribution in [0, 0.1) is 5.82 Å². The predicted octanol–water partition coefficient (Wildman–Crippen LogP) is 3.33. The van der Waals surface area contributed by atoms with Crippen molar-refractivity contribution in [2.75, 3.05) is 21.3 Å². The van der Waals surface area contributed by atoms with E-state index < -0.39 is 5.82 Å². The highest BCUT2D eigenvalue weighted by Gasteiger charge is 2.18. The van der Waals surface area contributed by atoms with Gasteiger partial charge >= 0.3 is 0 Å². The second-order valence-electron chi connectivity index (χ2n) is 4.26. The number of rotatable bonds is 5. The van der Waals surface area contributed by atoms with Gasteiger partial charge in [0.25, 0.3) is 0 Å². The van der Waals surface area contributed by atoms with Crippen LogP contribution >= 0.6 is 0 Å². The van der Waals surface area contributed by atoms with E-state index in [-0.39, 0.29) is 5.56 Å². The molecule has 0 atom stereocenters. The van der Waals surface area contributed by atoms with Gasteiger partial charge in [0.2, 0.25) is 0 Å².